The van der Waals surface area contributed by atoms with Crippen LogP contribution in [0.5, 0.6) is 0 Å². The number of nitrogens with one attached hydrogen (secondary N) is 2. The molecule has 318 valence electrons. The van der Waals surface area contributed by atoms with Gasteiger partial charge in [0.2, 0.25) is 0 Å². The van der Waals surface area contributed by atoms with E-state index in [4.69, 9.17) is 15.7 Å². The zero-order valence-electron chi connectivity index (χ0n) is 36.6. The minimum absolute atomic E-state index is 0.249. The van der Waals surface area contributed by atoms with Crippen LogP contribution in [0.15, 0.2) is 229 Å². The molecule has 1 aliphatic rings. The first-order chi connectivity index (χ1) is 32.6. The molecule has 0 spiro atoms. The number of fused-ring (bicyclic) bond motifs is 1. The summed E-state index contributed by atoms with van der Waals surface area (Å²) in [5.41, 5.74) is 25.1. The average Bonchev–Trinajstić information content (AvgIpc) is 3.78. The van der Waals surface area contributed by atoms with Gasteiger partial charge in [0.1, 0.15) is 24.0 Å². The van der Waals surface area contributed by atoms with Crippen molar-refractivity contribution < 1.29 is 0 Å². The third kappa shape index (κ3) is 7.84. The van der Waals surface area contributed by atoms with E-state index in [-0.39, 0.29) is 12.3 Å². The summed E-state index contributed by atoms with van der Waals surface area (Å²) in [6.07, 6.45) is 0.249. The average molecular weight is 853 g/mol. The highest BCUT2D eigenvalue weighted by Gasteiger charge is 2.27. The quantitative estimate of drug-likeness (QED) is 0.120. The lowest BCUT2D eigenvalue weighted by atomic mass is 9.90. The van der Waals surface area contributed by atoms with E-state index in [0.717, 1.165) is 107 Å². The molecule has 10 aromatic rings. The van der Waals surface area contributed by atoms with Crippen molar-refractivity contribution in [2.45, 2.75) is 25.7 Å². The van der Waals surface area contributed by atoms with Crippen LogP contribution in [-0.4, -0.2) is 15.4 Å². The number of nitrogens with two attached hydrogens (primary N) is 1. The van der Waals surface area contributed by atoms with Crippen molar-refractivity contribution in [2.75, 3.05) is 5.73 Å². The Balaban J connectivity index is 0.966. The van der Waals surface area contributed by atoms with E-state index >= 15 is 0 Å². The standard InChI is InChI=1S/C60H48N6/c1-2-57-62-54-31-12-14-33-56(54)66(57)55-32-13-11-30-51(55)49-28-9-10-29-50(49)52-39-45(34-35-53(52)61)44-24-17-27-48(38-44)60-64-58(46-25-15-22-42(36-46)40-18-5-3-6-19-40)63-59(65-60)47-26-16-23-43(37-47)41-20-7-4-8-21-41/h3-39,58,60,64H,2,61H2,1H3,(H,63,65). The maximum absolute atomic E-state index is 6.93. The Morgan fingerprint density at radius 3 is 1.76 bits per heavy atom. The van der Waals surface area contributed by atoms with E-state index < -0.39 is 0 Å². The number of hydrogen-bond acceptors (Lipinski definition) is 5. The maximum Gasteiger partial charge on any atom is 0.131 e. The molecule has 0 bridgehead atoms. The first-order valence-corrected chi connectivity index (χ1v) is 22.6. The molecule has 2 unspecified atom stereocenters. The molecule has 4 N–H and O–H groups in total. The van der Waals surface area contributed by atoms with E-state index in [0.29, 0.717) is 0 Å². The van der Waals surface area contributed by atoms with Crippen molar-refractivity contribution in [3.05, 3.63) is 247 Å². The number of aromatic nitrogens is 2. The molecule has 9 aromatic carbocycles. The molecule has 11 rings (SSSR count). The number of aryl methyl sites for hydroxylation is 1. The van der Waals surface area contributed by atoms with Crippen LogP contribution in [0.25, 0.3) is 72.4 Å². The summed E-state index contributed by atoms with van der Waals surface area (Å²) in [5.74, 6) is 1.86. The fourth-order valence-electron chi connectivity index (χ4n) is 9.34. The molecule has 0 fully saturated rings. The second kappa shape index (κ2) is 17.7. The van der Waals surface area contributed by atoms with Crippen LogP contribution in [0.2, 0.25) is 0 Å². The number of aliphatic imine (C=N–C) groups is 1. The number of amidine groups is 1. The van der Waals surface area contributed by atoms with E-state index in [1.165, 1.54) is 5.56 Å². The van der Waals surface area contributed by atoms with Crippen LogP contribution >= 0.6 is 0 Å². The number of hydrogen-bond donors (Lipinski definition) is 3. The monoisotopic (exact) mass is 852 g/mol. The van der Waals surface area contributed by atoms with Crippen molar-refractivity contribution >= 4 is 22.6 Å². The summed E-state index contributed by atoms with van der Waals surface area (Å²) in [4.78, 5) is 10.4. The normalized spacial score (nSPS) is 14.7. The molecular formula is C60H48N6. The third-order valence-corrected chi connectivity index (χ3v) is 12.6. The summed E-state index contributed by atoms with van der Waals surface area (Å²) >= 11 is 0. The minimum Gasteiger partial charge on any atom is -0.398 e. The molecule has 2 atom stereocenters. The Morgan fingerprint density at radius 2 is 1.02 bits per heavy atom. The van der Waals surface area contributed by atoms with Crippen LogP contribution < -0.4 is 16.4 Å². The molecule has 6 heteroatoms. The van der Waals surface area contributed by atoms with Gasteiger partial charge in [0.15, 0.2) is 0 Å². The molecule has 0 saturated heterocycles. The molecule has 0 radical (unpaired) electrons. The highest BCUT2D eigenvalue weighted by Crippen LogP contribution is 2.41. The molecule has 1 aromatic heterocycles. The van der Waals surface area contributed by atoms with Crippen molar-refractivity contribution in [3.63, 3.8) is 0 Å². The van der Waals surface area contributed by atoms with Crippen molar-refractivity contribution in [3.8, 4) is 61.3 Å². The molecule has 6 nitrogen and oxygen atoms in total. The summed E-state index contributed by atoms with van der Waals surface area (Å²) in [5, 5.41) is 7.68. The van der Waals surface area contributed by atoms with Crippen molar-refractivity contribution in [1.82, 2.24) is 20.2 Å². The number of nitrogens with zero attached hydrogens (tertiary/aromatic N) is 3. The van der Waals surface area contributed by atoms with Gasteiger partial charge in [-0.15, -0.1) is 0 Å². The van der Waals surface area contributed by atoms with Gasteiger partial charge in [-0.2, -0.15) is 0 Å². The Hall–Kier alpha value is -8.32. The van der Waals surface area contributed by atoms with E-state index in [1.807, 2.05) is 6.07 Å². The predicted octanol–water partition coefficient (Wildman–Crippen LogP) is 13.8. The first kappa shape index (κ1) is 40.5. The summed E-state index contributed by atoms with van der Waals surface area (Å²) in [6.45, 7) is 2.16. The second-order valence-corrected chi connectivity index (χ2v) is 16.8. The second-order valence-electron chi connectivity index (χ2n) is 16.8. The molecular weight excluding hydrogens is 805 g/mol. The SMILES string of the molecule is CCc1nc2ccccc2n1-c1ccccc1-c1ccccc1-c1cc(-c2cccc(C3NC(c4cccc(-c5ccccc5)c4)=NC(c4cccc(-c5ccccc5)c4)N3)c2)ccc1N. The van der Waals surface area contributed by atoms with Gasteiger partial charge < -0.3 is 11.1 Å². The molecule has 0 aliphatic carbocycles. The van der Waals surface area contributed by atoms with E-state index in [9.17, 15) is 0 Å². The number of para-hydroxylation sites is 3. The Kier molecular flexibility index (Phi) is 10.8. The first-order valence-electron chi connectivity index (χ1n) is 22.6. The fraction of sp³-hybridized carbons (Fsp3) is 0.0667. The van der Waals surface area contributed by atoms with Gasteiger partial charge in [-0.25, -0.2) is 9.98 Å². The topological polar surface area (TPSA) is 80.3 Å². The number of nitrogen functional groups attached to an aromatic ring is 1. The van der Waals surface area contributed by atoms with Gasteiger partial charge in [0.05, 0.1) is 16.7 Å². The Morgan fingerprint density at radius 1 is 0.470 bits per heavy atom. The lowest BCUT2D eigenvalue weighted by Crippen LogP contribution is -2.45. The van der Waals surface area contributed by atoms with Gasteiger partial charge in [0.25, 0.3) is 0 Å². The van der Waals surface area contributed by atoms with Crippen LogP contribution in [0, 0.1) is 0 Å². The molecule has 0 amide bonds. The summed E-state index contributed by atoms with van der Waals surface area (Å²) < 4.78 is 2.31. The number of anilines is 1. The third-order valence-electron chi connectivity index (χ3n) is 12.6. The van der Waals surface area contributed by atoms with E-state index in [2.05, 4.69) is 241 Å². The predicted molar refractivity (Wildman–Crippen MR) is 273 cm³/mol. The zero-order chi connectivity index (χ0) is 44.4. The van der Waals surface area contributed by atoms with Crippen LogP contribution in [0.1, 0.15) is 41.8 Å². The van der Waals surface area contributed by atoms with Crippen LogP contribution in [0.4, 0.5) is 5.69 Å². The van der Waals surface area contributed by atoms with Gasteiger partial charge in [-0.3, -0.25) is 9.88 Å². The molecule has 1 aliphatic heterocycles. The largest absolute Gasteiger partial charge is 0.398 e. The van der Waals surface area contributed by atoms with Gasteiger partial charge in [-0.05, 0) is 104 Å². The van der Waals surface area contributed by atoms with Crippen molar-refractivity contribution in [2.24, 2.45) is 4.99 Å². The lowest BCUT2D eigenvalue weighted by Gasteiger charge is -2.32. The Bertz CT molecular complexity index is 3390. The Labute approximate surface area is 385 Å². The van der Waals surface area contributed by atoms with Crippen molar-refractivity contribution in [1.29, 1.82) is 0 Å². The highest BCUT2D eigenvalue weighted by atomic mass is 15.3. The summed E-state index contributed by atoms with van der Waals surface area (Å²) in [6, 6.07) is 79.1. The minimum atomic E-state index is -0.310. The van der Waals surface area contributed by atoms with Gasteiger partial charge in [-0.1, -0.05) is 183 Å². The zero-order valence-corrected chi connectivity index (χ0v) is 36.6. The lowest BCUT2D eigenvalue weighted by molar-refractivity contribution is 0.409. The molecule has 0 saturated carbocycles. The number of imidazole rings is 1. The smallest absolute Gasteiger partial charge is 0.131 e. The molecule has 2 heterocycles. The van der Waals surface area contributed by atoms with E-state index in [1.54, 1.807) is 0 Å². The number of rotatable bonds is 10. The summed E-state index contributed by atoms with van der Waals surface area (Å²) in [7, 11) is 0. The molecule has 66 heavy (non-hydrogen) atoms. The van der Waals surface area contributed by atoms with Crippen LogP contribution in [0.3, 0.4) is 0 Å². The van der Waals surface area contributed by atoms with Crippen LogP contribution in [-0.2, 0) is 6.42 Å². The highest BCUT2D eigenvalue weighted by molar-refractivity contribution is 6.00. The number of benzene rings is 9. The van der Waals surface area contributed by atoms with Gasteiger partial charge >= 0.3 is 0 Å². The maximum atomic E-state index is 6.93. The fourth-order valence-corrected chi connectivity index (χ4v) is 9.34. The van der Waals surface area contributed by atoms with Gasteiger partial charge in [0, 0.05) is 28.8 Å².